The molecule has 0 aliphatic heterocycles. The summed E-state index contributed by atoms with van der Waals surface area (Å²) in [7, 11) is 0. The van der Waals surface area contributed by atoms with Gasteiger partial charge in [-0.05, 0) is 32.1 Å². The van der Waals surface area contributed by atoms with Gasteiger partial charge in [0.15, 0.2) is 13.1 Å². The number of carboxylic acids is 3. The molecule has 0 saturated carbocycles. The zero-order valence-corrected chi connectivity index (χ0v) is 21.5. The number of aliphatic carboxylic acids is 3. The highest BCUT2D eigenvalue weighted by molar-refractivity contribution is 5.72. The van der Waals surface area contributed by atoms with Gasteiger partial charge in [-0.25, -0.2) is 9.59 Å². The van der Waals surface area contributed by atoms with Crippen molar-refractivity contribution in [3.8, 4) is 0 Å². The summed E-state index contributed by atoms with van der Waals surface area (Å²) in [5, 5.41) is 29.3. The molecule has 0 rings (SSSR count). The van der Waals surface area contributed by atoms with Crippen LogP contribution >= 0.6 is 0 Å². The number of carboxylic acid groups (broad SMARTS) is 3. The fourth-order valence-corrected chi connectivity index (χ4v) is 4.48. The van der Waals surface area contributed by atoms with Crippen LogP contribution in [0.1, 0.15) is 116 Å². The van der Waals surface area contributed by atoms with Gasteiger partial charge >= 0.3 is 11.9 Å². The summed E-state index contributed by atoms with van der Waals surface area (Å²) in [6.07, 6.45) is 25.0. The highest BCUT2D eigenvalue weighted by Crippen LogP contribution is 2.14. The molecule has 0 saturated heterocycles. The Morgan fingerprint density at radius 2 is 1.00 bits per heavy atom. The first kappa shape index (κ1) is 32.1. The minimum Gasteiger partial charge on any atom is -0.544 e. The van der Waals surface area contributed by atoms with Crippen LogP contribution in [-0.4, -0.2) is 58.8 Å². The van der Waals surface area contributed by atoms with E-state index >= 15 is 0 Å². The van der Waals surface area contributed by atoms with E-state index in [1.165, 1.54) is 83.5 Å². The molecule has 0 bridgehead atoms. The molecule has 198 valence electrons. The molecule has 0 spiro atoms. The zero-order valence-electron chi connectivity index (χ0n) is 21.5. The average molecular weight is 484 g/mol. The second kappa shape index (κ2) is 21.6. The number of carbonyl (C=O) groups is 3. The number of allylic oxidation sites excluding steroid dienone is 2. The second-order valence-electron chi connectivity index (χ2n) is 9.70. The molecule has 0 atom stereocenters. The maximum Gasteiger partial charge on any atom is 0.359 e. The Morgan fingerprint density at radius 1 is 0.618 bits per heavy atom. The molecule has 0 aromatic heterocycles. The van der Waals surface area contributed by atoms with E-state index in [0.29, 0.717) is 6.42 Å². The number of quaternary nitrogens is 1. The van der Waals surface area contributed by atoms with Crippen LogP contribution in [0.25, 0.3) is 0 Å². The number of nitrogens with zero attached hydrogens (tertiary/aromatic N) is 1. The van der Waals surface area contributed by atoms with E-state index in [1.807, 2.05) is 0 Å². The smallest absolute Gasteiger partial charge is 0.359 e. The summed E-state index contributed by atoms with van der Waals surface area (Å²) in [4.78, 5) is 33.3. The molecule has 0 aromatic rings. The van der Waals surface area contributed by atoms with E-state index in [2.05, 4.69) is 19.1 Å². The van der Waals surface area contributed by atoms with Crippen molar-refractivity contribution >= 4 is 17.9 Å². The lowest BCUT2D eigenvalue weighted by molar-refractivity contribution is -0.909. The van der Waals surface area contributed by atoms with Crippen molar-refractivity contribution in [1.29, 1.82) is 0 Å². The van der Waals surface area contributed by atoms with Crippen LogP contribution in [0.15, 0.2) is 12.2 Å². The molecule has 0 unspecified atom stereocenters. The molecule has 0 aliphatic carbocycles. The largest absolute Gasteiger partial charge is 0.544 e. The number of carbonyl (C=O) groups excluding carboxylic acids is 1. The minimum atomic E-state index is -1.43. The van der Waals surface area contributed by atoms with E-state index < -0.39 is 42.0 Å². The van der Waals surface area contributed by atoms with E-state index in [9.17, 15) is 19.5 Å². The van der Waals surface area contributed by atoms with Crippen molar-refractivity contribution < 1.29 is 34.2 Å². The van der Waals surface area contributed by atoms with Crippen LogP contribution in [0, 0.1) is 0 Å². The minimum absolute atomic E-state index is 0.194. The molecule has 7 nitrogen and oxygen atoms in total. The van der Waals surface area contributed by atoms with Crippen LogP contribution in [-0.2, 0) is 14.4 Å². The average Bonchev–Trinajstić information content (AvgIpc) is 2.73. The number of rotatable bonds is 25. The molecule has 0 fully saturated rings. The van der Waals surface area contributed by atoms with E-state index in [-0.39, 0.29) is 6.54 Å². The summed E-state index contributed by atoms with van der Waals surface area (Å²) in [5.41, 5.74) is 0. The van der Waals surface area contributed by atoms with E-state index in [1.54, 1.807) is 0 Å². The lowest BCUT2D eigenvalue weighted by Gasteiger charge is -2.36. The molecule has 0 heterocycles. The SMILES string of the molecule is CCCCCCCCCCCCCCC/C=C/CCCC[N+](CC(=O)[O-])(CC(=O)O)CC(=O)O. The third kappa shape index (κ3) is 20.7. The first-order chi connectivity index (χ1) is 16.3. The maximum atomic E-state index is 11.1. The van der Waals surface area contributed by atoms with Crippen LogP contribution in [0.5, 0.6) is 0 Å². The lowest BCUT2D eigenvalue weighted by Crippen LogP contribution is -2.59. The molecule has 34 heavy (non-hydrogen) atoms. The maximum absolute atomic E-state index is 11.1. The standard InChI is InChI=1S/C27H49NO6/c1-2-3-4-5-6-7-8-9-10-11-12-13-14-15-16-17-18-19-20-21-28(22-25(29)30,23-26(31)32)24-27(33)34/h16-17H,2-15,18-24H2,1H3,(H2-,29,30,31,32,33,34)/b17-16+. The summed E-state index contributed by atoms with van der Waals surface area (Å²) >= 11 is 0. The van der Waals surface area contributed by atoms with Gasteiger partial charge < -0.3 is 24.6 Å². The predicted octanol–water partition coefficient (Wildman–Crippen LogP) is 4.93. The van der Waals surface area contributed by atoms with Crippen LogP contribution in [0.2, 0.25) is 0 Å². The molecular formula is C27H49NO6. The molecule has 0 amide bonds. The van der Waals surface area contributed by atoms with Gasteiger partial charge in [0, 0.05) is 0 Å². The summed E-state index contributed by atoms with van der Waals surface area (Å²) in [6.45, 7) is 0.781. The first-order valence-electron chi connectivity index (χ1n) is 13.4. The summed E-state index contributed by atoms with van der Waals surface area (Å²) in [6, 6.07) is 0. The van der Waals surface area contributed by atoms with Gasteiger partial charge in [-0.2, -0.15) is 0 Å². The molecule has 7 heteroatoms. The molecule has 0 aliphatic rings. The van der Waals surface area contributed by atoms with Crippen LogP contribution in [0.4, 0.5) is 0 Å². The van der Waals surface area contributed by atoms with Gasteiger partial charge in [0.1, 0.15) is 6.54 Å². The monoisotopic (exact) mass is 483 g/mol. The third-order valence-corrected chi connectivity index (χ3v) is 6.30. The van der Waals surface area contributed by atoms with E-state index in [0.717, 1.165) is 19.3 Å². The number of hydrogen-bond donors (Lipinski definition) is 2. The van der Waals surface area contributed by atoms with Crippen LogP contribution in [0.3, 0.4) is 0 Å². The Balaban J connectivity index is 3.80. The van der Waals surface area contributed by atoms with Gasteiger partial charge in [-0.1, -0.05) is 96.1 Å². The van der Waals surface area contributed by atoms with Gasteiger partial charge in [0.2, 0.25) is 0 Å². The predicted molar refractivity (Wildman–Crippen MR) is 133 cm³/mol. The Morgan fingerprint density at radius 3 is 1.38 bits per heavy atom. The molecule has 0 aromatic carbocycles. The van der Waals surface area contributed by atoms with Crippen molar-refractivity contribution in [2.45, 2.75) is 116 Å². The molecular weight excluding hydrogens is 434 g/mol. The van der Waals surface area contributed by atoms with E-state index in [4.69, 9.17) is 10.2 Å². The number of unbranched alkanes of at least 4 members (excludes halogenated alkanes) is 15. The Kier molecular flexibility index (Phi) is 20.4. The van der Waals surface area contributed by atoms with Crippen molar-refractivity contribution in [2.24, 2.45) is 0 Å². The lowest BCUT2D eigenvalue weighted by atomic mass is 10.0. The van der Waals surface area contributed by atoms with Crippen molar-refractivity contribution in [3.05, 3.63) is 12.2 Å². The highest BCUT2D eigenvalue weighted by Gasteiger charge is 2.33. The first-order valence-corrected chi connectivity index (χ1v) is 13.4. The quantitative estimate of drug-likeness (QED) is 0.108. The topological polar surface area (TPSA) is 115 Å². The van der Waals surface area contributed by atoms with Crippen molar-refractivity contribution in [2.75, 3.05) is 26.2 Å². The highest BCUT2D eigenvalue weighted by atomic mass is 16.4. The van der Waals surface area contributed by atoms with Crippen molar-refractivity contribution in [3.63, 3.8) is 0 Å². The Labute approximate surface area is 206 Å². The fraction of sp³-hybridized carbons (Fsp3) is 0.815. The fourth-order valence-electron chi connectivity index (χ4n) is 4.48. The van der Waals surface area contributed by atoms with Gasteiger partial charge in [-0.15, -0.1) is 0 Å². The zero-order chi connectivity index (χ0) is 25.5. The Bertz CT molecular complexity index is 535. The van der Waals surface area contributed by atoms with Gasteiger partial charge in [0.25, 0.3) is 0 Å². The summed E-state index contributed by atoms with van der Waals surface area (Å²) < 4.78 is -0.518. The van der Waals surface area contributed by atoms with Gasteiger partial charge in [0.05, 0.1) is 12.5 Å². The van der Waals surface area contributed by atoms with Crippen molar-refractivity contribution in [1.82, 2.24) is 0 Å². The molecule has 0 radical (unpaired) electrons. The third-order valence-electron chi connectivity index (χ3n) is 6.30. The second-order valence-corrected chi connectivity index (χ2v) is 9.70. The number of hydrogen-bond acceptors (Lipinski definition) is 4. The van der Waals surface area contributed by atoms with Gasteiger partial charge in [-0.3, -0.25) is 0 Å². The van der Waals surface area contributed by atoms with Crippen LogP contribution < -0.4 is 5.11 Å². The Hall–Kier alpha value is -1.89. The normalized spacial score (nSPS) is 11.8. The molecule has 2 N–H and O–H groups in total. The summed E-state index contributed by atoms with van der Waals surface area (Å²) in [5.74, 6) is -3.85.